The number of ether oxygens (including phenoxy) is 1. The van der Waals surface area contributed by atoms with Gasteiger partial charge in [0.05, 0.1) is 6.04 Å². The average molecular weight is 541 g/mol. The van der Waals surface area contributed by atoms with Crippen LogP contribution in [0.1, 0.15) is 55.7 Å². The summed E-state index contributed by atoms with van der Waals surface area (Å²) < 4.78 is 5.86. The summed E-state index contributed by atoms with van der Waals surface area (Å²) in [6, 6.07) is 27.2. The summed E-state index contributed by atoms with van der Waals surface area (Å²) in [5, 5.41) is 3.00. The Morgan fingerprint density at radius 1 is 0.850 bits per heavy atom. The summed E-state index contributed by atoms with van der Waals surface area (Å²) in [6.45, 7) is 3.68. The lowest BCUT2D eigenvalue weighted by Gasteiger charge is -2.32. The number of ketones is 1. The SMILES string of the molecule is CCC(=O)[C@H](Cc1ccc(OCc2ccccc2)cc1)NC(=O)CC1CCN(C(=O)CCc2ccccc2)CC1. The molecule has 4 rings (SSSR count). The van der Waals surface area contributed by atoms with Crippen molar-refractivity contribution in [2.24, 2.45) is 5.92 Å². The van der Waals surface area contributed by atoms with Crippen molar-refractivity contribution in [2.75, 3.05) is 13.1 Å². The molecule has 210 valence electrons. The van der Waals surface area contributed by atoms with Crippen LogP contribution in [-0.4, -0.2) is 41.6 Å². The van der Waals surface area contributed by atoms with Crippen molar-refractivity contribution in [3.63, 3.8) is 0 Å². The Balaban J connectivity index is 1.21. The molecule has 1 heterocycles. The van der Waals surface area contributed by atoms with Crippen LogP contribution in [0.25, 0.3) is 0 Å². The summed E-state index contributed by atoms with van der Waals surface area (Å²) in [5.41, 5.74) is 3.25. The number of aryl methyl sites for hydroxylation is 1. The van der Waals surface area contributed by atoms with E-state index in [0.29, 0.717) is 45.4 Å². The second-order valence-corrected chi connectivity index (χ2v) is 10.6. The third kappa shape index (κ3) is 9.08. The highest BCUT2D eigenvalue weighted by atomic mass is 16.5. The fraction of sp³-hybridized carbons (Fsp3) is 0.382. The largest absolute Gasteiger partial charge is 0.489 e. The number of nitrogens with one attached hydrogen (secondary N) is 1. The van der Waals surface area contributed by atoms with E-state index in [1.165, 1.54) is 5.56 Å². The summed E-state index contributed by atoms with van der Waals surface area (Å²) in [5.74, 6) is 1.09. The molecule has 3 aromatic rings. The van der Waals surface area contributed by atoms with Crippen molar-refractivity contribution < 1.29 is 19.1 Å². The van der Waals surface area contributed by atoms with E-state index >= 15 is 0 Å². The van der Waals surface area contributed by atoms with Crippen LogP contribution in [-0.2, 0) is 33.8 Å². The monoisotopic (exact) mass is 540 g/mol. The molecule has 3 aromatic carbocycles. The minimum atomic E-state index is -0.548. The normalized spacial score (nSPS) is 14.4. The summed E-state index contributed by atoms with van der Waals surface area (Å²) >= 11 is 0. The van der Waals surface area contributed by atoms with E-state index < -0.39 is 6.04 Å². The molecule has 1 N–H and O–H groups in total. The number of hydrogen-bond acceptors (Lipinski definition) is 4. The van der Waals surface area contributed by atoms with Crippen molar-refractivity contribution in [2.45, 2.75) is 64.5 Å². The van der Waals surface area contributed by atoms with Gasteiger partial charge >= 0.3 is 0 Å². The highest BCUT2D eigenvalue weighted by Crippen LogP contribution is 2.22. The lowest BCUT2D eigenvalue weighted by Crippen LogP contribution is -2.44. The zero-order valence-corrected chi connectivity index (χ0v) is 23.4. The molecule has 1 atom stereocenters. The van der Waals surface area contributed by atoms with Crippen LogP contribution < -0.4 is 10.1 Å². The quantitative estimate of drug-likeness (QED) is 0.309. The molecular weight excluding hydrogens is 500 g/mol. The Kier molecular flexibility index (Phi) is 10.9. The number of nitrogens with zero attached hydrogens (tertiary/aromatic N) is 1. The van der Waals surface area contributed by atoms with Gasteiger partial charge in [0.15, 0.2) is 5.78 Å². The molecule has 6 nitrogen and oxygen atoms in total. The first kappa shape index (κ1) is 29.1. The fourth-order valence-electron chi connectivity index (χ4n) is 5.15. The molecule has 0 bridgehead atoms. The zero-order valence-electron chi connectivity index (χ0n) is 23.4. The van der Waals surface area contributed by atoms with E-state index in [-0.39, 0.29) is 23.5 Å². The van der Waals surface area contributed by atoms with Gasteiger partial charge in [0, 0.05) is 32.4 Å². The first-order valence-electron chi connectivity index (χ1n) is 14.4. The van der Waals surface area contributed by atoms with Gasteiger partial charge in [0.25, 0.3) is 0 Å². The lowest BCUT2D eigenvalue weighted by atomic mass is 9.92. The number of amides is 2. The Labute approximate surface area is 237 Å². The van der Waals surface area contributed by atoms with E-state index in [1.807, 2.05) is 96.8 Å². The molecule has 0 saturated carbocycles. The van der Waals surface area contributed by atoms with Gasteiger partial charge in [-0.3, -0.25) is 14.4 Å². The smallest absolute Gasteiger partial charge is 0.222 e. The number of rotatable bonds is 13. The molecule has 1 aliphatic rings. The molecule has 0 radical (unpaired) electrons. The first-order chi connectivity index (χ1) is 19.5. The number of benzene rings is 3. The molecule has 2 amide bonds. The van der Waals surface area contributed by atoms with Crippen LogP contribution in [0.4, 0.5) is 0 Å². The van der Waals surface area contributed by atoms with Crippen LogP contribution in [0.2, 0.25) is 0 Å². The Morgan fingerprint density at radius 3 is 2.10 bits per heavy atom. The minimum absolute atomic E-state index is 0.0246. The van der Waals surface area contributed by atoms with Crippen molar-refractivity contribution in [3.8, 4) is 5.75 Å². The second-order valence-electron chi connectivity index (χ2n) is 10.6. The second kappa shape index (κ2) is 15.0. The predicted molar refractivity (Wildman–Crippen MR) is 157 cm³/mol. The zero-order chi connectivity index (χ0) is 28.2. The molecular formula is C34H40N2O4. The fourth-order valence-corrected chi connectivity index (χ4v) is 5.15. The maximum Gasteiger partial charge on any atom is 0.222 e. The predicted octanol–water partition coefficient (Wildman–Crippen LogP) is 5.53. The molecule has 0 aromatic heterocycles. The number of likely N-dealkylation sites (tertiary alicyclic amines) is 1. The lowest BCUT2D eigenvalue weighted by molar-refractivity contribution is -0.133. The Hall–Kier alpha value is -3.93. The Morgan fingerprint density at radius 2 is 1.48 bits per heavy atom. The van der Waals surface area contributed by atoms with E-state index in [4.69, 9.17) is 4.74 Å². The van der Waals surface area contributed by atoms with Gasteiger partial charge in [-0.2, -0.15) is 0 Å². The van der Waals surface area contributed by atoms with E-state index in [1.54, 1.807) is 0 Å². The summed E-state index contributed by atoms with van der Waals surface area (Å²) in [7, 11) is 0. The molecule has 0 spiro atoms. The van der Waals surface area contributed by atoms with Crippen LogP contribution in [0.15, 0.2) is 84.9 Å². The van der Waals surface area contributed by atoms with Gasteiger partial charge in [-0.1, -0.05) is 79.7 Å². The van der Waals surface area contributed by atoms with E-state index in [9.17, 15) is 14.4 Å². The van der Waals surface area contributed by atoms with Crippen molar-refractivity contribution in [1.29, 1.82) is 0 Å². The summed E-state index contributed by atoms with van der Waals surface area (Å²) in [4.78, 5) is 40.2. The topological polar surface area (TPSA) is 75.7 Å². The van der Waals surface area contributed by atoms with Crippen molar-refractivity contribution >= 4 is 17.6 Å². The minimum Gasteiger partial charge on any atom is -0.489 e. The van der Waals surface area contributed by atoms with Gasteiger partial charge in [0.1, 0.15) is 12.4 Å². The molecule has 0 aliphatic carbocycles. The molecule has 1 saturated heterocycles. The molecule has 1 fully saturated rings. The third-order valence-electron chi connectivity index (χ3n) is 7.60. The molecule has 40 heavy (non-hydrogen) atoms. The molecule has 1 aliphatic heterocycles. The Bertz CT molecular complexity index is 1220. The van der Waals surface area contributed by atoms with Gasteiger partial charge in [-0.15, -0.1) is 0 Å². The van der Waals surface area contributed by atoms with Gasteiger partial charge in [-0.25, -0.2) is 0 Å². The van der Waals surface area contributed by atoms with Crippen LogP contribution in [0.3, 0.4) is 0 Å². The number of carbonyl (C=O) groups is 3. The number of Topliss-reactive ketones (excluding diaryl/α,β-unsaturated/α-hetero) is 1. The van der Waals surface area contributed by atoms with E-state index in [0.717, 1.165) is 36.1 Å². The average Bonchev–Trinajstić information content (AvgIpc) is 3.00. The highest BCUT2D eigenvalue weighted by molar-refractivity contribution is 5.89. The molecule has 0 unspecified atom stereocenters. The maximum atomic E-state index is 12.9. The third-order valence-corrected chi connectivity index (χ3v) is 7.60. The van der Waals surface area contributed by atoms with Crippen LogP contribution in [0, 0.1) is 5.92 Å². The van der Waals surface area contributed by atoms with Crippen LogP contribution in [0.5, 0.6) is 5.75 Å². The maximum absolute atomic E-state index is 12.9. The van der Waals surface area contributed by atoms with E-state index in [2.05, 4.69) is 5.32 Å². The van der Waals surface area contributed by atoms with Gasteiger partial charge < -0.3 is 15.0 Å². The number of carbonyl (C=O) groups excluding carboxylic acids is 3. The van der Waals surface area contributed by atoms with Gasteiger partial charge in [0.2, 0.25) is 11.8 Å². The standard InChI is InChI=1S/C34H40N2O4/c1-2-32(37)31(23-27-13-16-30(17-14-27)40-25-29-11-7-4-8-12-29)35-33(38)24-28-19-21-36(22-20-28)34(39)18-15-26-9-5-3-6-10-26/h3-14,16-17,28,31H,2,15,18-25H2,1H3,(H,35,38)/t31-/m0/s1. The first-order valence-corrected chi connectivity index (χ1v) is 14.4. The van der Waals surface area contributed by atoms with Crippen LogP contribution >= 0.6 is 0 Å². The highest BCUT2D eigenvalue weighted by Gasteiger charge is 2.26. The molecule has 6 heteroatoms. The summed E-state index contributed by atoms with van der Waals surface area (Å²) in [6.07, 6.45) is 4.07. The van der Waals surface area contributed by atoms with Crippen molar-refractivity contribution in [1.82, 2.24) is 10.2 Å². The van der Waals surface area contributed by atoms with Crippen molar-refractivity contribution in [3.05, 3.63) is 102 Å². The number of piperidine rings is 1. The number of hydrogen-bond donors (Lipinski definition) is 1. The van der Waals surface area contributed by atoms with Gasteiger partial charge in [-0.05, 0) is 60.4 Å².